The molecule has 0 heterocycles. The lowest BCUT2D eigenvalue weighted by atomic mass is 10.1. The van der Waals surface area contributed by atoms with E-state index in [9.17, 15) is 9.90 Å². The summed E-state index contributed by atoms with van der Waals surface area (Å²) in [7, 11) is 0. The van der Waals surface area contributed by atoms with Crippen LogP contribution in [0, 0.1) is 0 Å². The van der Waals surface area contributed by atoms with E-state index in [2.05, 4.69) is 6.58 Å². The van der Waals surface area contributed by atoms with Gasteiger partial charge in [-0.2, -0.15) is 0 Å². The first kappa shape index (κ1) is 14.6. The predicted molar refractivity (Wildman–Crippen MR) is 71.2 cm³/mol. The average Bonchev–Trinajstić information content (AvgIpc) is 2.39. The molecule has 0 saturated heterocycles. The van der Waals surface area contributed by atoms with E-state index in [1.807, 2.05) is 24.3 Å². The number of carbonyl (C=O) groups excluding carboxylic acids is 1. The van der Waals surface area contributed by atoms with Crippen LogP contribution in [0.25, 0.3) is 0 Å². The Bertz CT molecular complexity index is 357. The molecule has 1 atom stereocenters. The topological polar surface area (TPSA) is 46.5 Å². The van der Waals surface area contributed by atoms with Gasteiger partial charge in [0.25, 0.3) is 0 Å². The molecule has 0 bridgehead atoms. The monoisotopic (exact) mass is 248 g/mol. The Balaban J connectivity index is 2.35. The van der Waals surface area contributed by atoms with E-state index in [1.54, 1.807) is 6.08 Å². The largest absolute Gasteiger partial charge is 0.388 e. The maximum absolute atomic E-state index is 10.1. The van der Waals surface area contributed by atoms with Gasteiger partial charge < -0.3 is 14.6 Å². The van der Waals surface area contributed by atoms with Gasteiger partial charge in [0.1, 0.15) is 6.29 Å². The van der Waals surface area contributed by atoms with Crippen molar-refractivity contribution in [3.8, 4) is 0 Å². The van der Waals surface area contributed by atoms with Crippen LogP contribution >= 0.6 is 0 Å². The summed E-state index contributed by atoms with van der Waals surface area (Å²) >= 11 is 0. The zero-order chi connectivity index (χ0) is 13.2. The number of unbranched alkanes of at least 4 members (excludes halogenated alkanes) is 1. The lowest BCUT2D eigenvalue weighted by Gasteiger charge is -2.09. The molecular weight excluding hydrogens is 228 g/mol. The summed E-state index contributed by atoms with van der Waals surface area (Å²) in [5.74, 6) is 0. The highest BCUT2D eigenvalue weighted by Gasteiger charge is 2.04. The summed E-state index contributed by atoms with van der Waals surface area (Å²) in [5.41, 5.74) is 1.95. The van der Waals surface area contributed by atoms with Crippen molar-refractivity contribution in [2.75, 3.05) is 6.61 Å². The molecule has 0 aliphatic carbocycles. The second-order valence-electron chi connectivity index (χ2n) is 4.14. The van der Waals surface area contributed by atoms with Crippen molar-refractivity contribution in [1.82, 2.24) is 0 Å². The van der Waals surface area contributed by atoms with Crippen molar-refractivity contribution in [3.05, 3.63) is 48.0 Å². The van der Waals surface area contributed by atoms with Gasteiger partial charge in [-0.25, -0.2) is 0 Å². The van der Waals surface area contributed by atoms with Crippen LogP contribution in [-0.4, -0.2) is 18.0 Å². The van der Waals surface area contributed by atoms with Gasteiger partial charge in [-0.05, 0) is 24.0 Å². The zero-order valence-corrected chi connectivity index (χ0v) is 10.5. The van der Waals surface area contributed by atoms with Crippen LogP contribution in [0.2, 0.25) is 0 Å². The van der Waals surface area contributed by atoms with E-state index < -0.39 is 6.10 Å². The highest BCUT2D eigenvalue weighted by Crippen LogP contribution is 2.17. The second-order valence-corrected chi connectivity index (χ2v) is 4.14. The standard InChI is InChI=1S/C15H20O3/c1-2-5-15(17)14-8-6-13(7-9-14)12-18-11-4-3-10-16/h2,6-10,15,17H,1,3-5,11-12H2. The second kappa shape index (κ2) is 8.61. The Morgan fingerprint density at radius 1 is 1.33 bits per heavy atom. The molecule has 3 heteroatoms. The van der Waals surface area contributed by atoms with Crippen molar-refractivity contribution in [2.45, 2.75) is 32.0 Å². The molecule has 1 aromatic carbocycles. The van der Waals surface area contributed by atoms with Crippen molar-refractivity contribution in [3.63, 3.8) is 0 Å². The molecule has 1 N–H and O–H groups in total. The van der Waals surface area contributed by atoms with E-state index >= 15 is 0 Å². The molecule has 1 rings (SSSR count). The average molecular weight is 248 g/mol. The molecule has 0 aliphatic heterocycles. The lowest BCUT2D eigenvalue weighted by Crippen LogP contribution is -1.98. The number of hydrogen-bond donors (Lipinski definition) is 1. The molecule has 0 radical (unpaired) electrons. The molecule has 0 amide bonds. The minimum absolute atomic E-state index is 0.481. The molecule has 1 unspecified atom stereocenters. The fraction of sp³-hybridized carbons (Fsp3) is 0.400. The SMILES string of the molecule is C=CCC(O)c1ccc(COCCCC=O)cc1. The van der Waals surface area contributed by atoms with Crippen LogP contribution in [0.3, 0.4) is 0 Å². The van der Waals surface area contributed by atoms with E-state index in [0.717, 1.165) is 23.8 Å². The predicted octanol–water partition coefficient (Wildman–Crippen LogP) is 2.79. The summed E-state index contributed by atoms with van der Waals surface area (Å²) in [6.45, 7) is 4.74. The van der Waals surface area contributed by atoms with E-state index in [4.69, 9.17) is 4.74 Å². The van der Waals surface area contributed by atoms with Crippen LogP contribution in [0.5, 0.6) is 0 Å². The van der Waals surface area contributed by atoms with Crippen LogP contribution < -0.4 is 0 Å². The summed E-state index contributed by atoms with van der Waals surface area (Å²) in [5, 5.41) is 9.75. The van der Waals surface area contributed by atoms with Gasteiger partial charge in [0.05, 0.1) is 12.7 Å². The summed E-state index contributed by atoms with van der Waals surface area (Å²) in [4.78, 5) is 10.1. The van der Waals surface area contributed by atoms with Crippen LogP contribution in [0.4, 0.5) is 0 Å². The Hall–Kier alpha value is -1.45. The first-order valence-corrected chi connectivity index (χ1v) is 6.17. The maximum Gasteiger partial charge on any atom is 0.120 e. The number of ether oxygens (including phenoxy) is 1. The number of carbonyl (C=O) groups is 1. The highest BCUT2D eigenvalue weighted by atomic mass is 16.5. The quantitative estimate of drug-likeness (QED) is 0.415. The third-order valence-corrected chi connectivity index (χ3v) is 2.63. The van der Waals surface area contributed by atoms with Crippen molar-refractivity contribution in [1.29, 1.82) is 0 Å². The van der Waals surface area contributed by atoms with Crippen molar-refractivity contribution < 1.29 is 14.6 Å². The van der Waals surface area contributed by atoms with Crippen LogP contribution in [0.1, 0.15) is 36.5 Å². The summed E-state index contributed by atoms with van der Waals surface area (Å²) in [6, 6.07) is 7.69. The van der Waals surface area contributed by atoms with Crippen molar-refractivity contribution in [2.24, 2.45) is 0 Å². The van der Waals surface area contributed by atoms with Gasteiger partial charge in [-0.1, -0.05) is 30.3 Å². The minimum atomic E-state index is -0.481. The van der Waals surface area contributed by atoms with Crippen LogP contribution in [-0.2, 0) is 16.1 Å². The number of benzene rings is 1. The molecule has 0 spiro atoms. The van der Waals surface area contributed by atoms with Gasteiger partial charge in [0.15, 0.2) is 0 Å². The fourth-order valence-electron chi connectivity index (χ4n) is 1.59. The molecule has 1 aromatic rings. The summed E-state index contributed by atoms with van der Waals surface area (Å²) < 4.78 is 5.43. The van der Waals surface area contributed by atoms with E-state index in [0.29, 0.717) is 26.1 Å². The number of aldehydes is 1. The van der Waals surface area contributed by atoms with Gasteiger partial charge in [-0.15, -0.1) is 6.58 Å². The zero-order valence-electron chi connectivity index (χ0n) is 10.5. The first-order chi connectivity index (χ1) is 8.77. The molecule has 0 saturated carbocycles. The van der Waals surface area contributed by atoms with E-state index in [-0.39, 0.29) is 0 Å². The molecule has 3 nitrogen and oxygen atoms in total. The number of rotatable bonds is 9. The Morgan fingerprint density at radius 3 is 2.67 bits per heavy atom. The van der Waals surface area contributed by atoms with Gasteiger partial charge >= 0.3 is 0 Å². The number of aliphatic hydroxyl groups excluding tert-OH is 1. The maximum atomic E-state index is 10.1. The van der Waals surface area contributed by atoms with Crippen LogP contribution in [0.15, 0.2) is 36.9 Å². The highest BCUT2D eigenvalue weighted by molar-refractivity contribution is 5.48. The molecule has 0 fully saturated rings. The Kier molecular flexibility index (Phi) is 6.99. The molecule has 0 aromatic heterocycles. The van der Waals surface area contributed by atoms with Gasteiger partial charge in [-0.3, -0.25) is 0 Å². The minimum Gasteiger partial charge on any atom is -0.388 e. The molecule has 0 aliphatic rings. The molecular formula is C15H20O3. The van der Waals surface area contributed by atoms with Gasteiger partial charge in [0.2, 0.25) is 0 Å². The molecule has 18 heavy (non-hydrogen) atoms. The Morgan fingerprint density at radius 2 is 2.06 bits per heavy atom. The summed E-state index contributed by atoms with van der Waals surface area (Å²) in [6.07, 6.45) is 3.99. The lowest BCUT2D eigenvalue weighted by molar-refractivity contribution is -0.108. The van der Waals surface area contributed by atoms with Gasteiger partial charge in [0, 0.05) is 13.0 Å². The smallest absolute Gasteiger partial charge is 0.120 e. The number of aliphatic hydroxyl groups is 1. The third-order valence-electron chi connectivity index (χ3n) is 2.63. The normalized spacial score (nSPS) is 12.1. The Labute approximate surface area is 108 Å². The third kappa shape index (κ3) is 5.25. The van der Waals surface area contributed by atoms with Crippen molar-refractivity contribution >= 4 is 6.29 Å². The molecule has 98 valence electrons. The van der Waals surface area contributed by atoms with E-state index in [1.165, 1.54) is 0 Å². The first-order valence-electron chi connectivity index (χ1n) is 6.17. The number of hydrogen-bond acceptors (Lipinski definition) is 3. The fourth-order valence-corrected chi connectivity index (χ4v) is 1.59.